The van der Waals surface area contributed by atoms with Crippen molar-refractivity contribution in [2.24, 2.45) is 5.92 Å². The fraction of sp³-hybridized carbons (Fsp3) is 0.385. The highest BCUT2D eigenvalue weighted by atomic mass is 32.1. The highest BCUT2D eigenvalue weighted by molar-refractivity contribution is 7.15. The molecule has 5 rings (SSSR count). The summed E-state index contributed by atoms with van der Waals surface area (Å²) in [7, 11) is 3.05. The monoisotopic (exact) mass is 525 g/mol. The maximum atomic E-state index is 13.5. The van der Waals surface area contributed by atoms with E-state index < -0.39 is 18.0 Å². The van der Waals surface area contributed by atoms with Gasteiger partial charge in [-0.3, -0.25) is 15.1 Å². The number of halogens is 2. The quantitative estimate of drug-likeness (QED) is 0.277. The van der Waals surface area contributed by atoms with Crippen LogP contribution in [0.3, 0.4) is 0 Å². The van der Waals surface area contributed by atoms with Crippen molar-refractivity contribution >= 4 is 22.4 Å². The van der Waals surface area contributed by atoms with Gasteiger partial charge in [-0.2, -0.15) is 0 Å². The van der Waals surface area contributed by atoms with Crippen molar-refractivity contribution in [2.45, 2.75) is 31.6 Å². The van der Waals surface area contributed by atoms with Crippen LogP contribution in [-0.4, -0.2) is 53.0 Å². The first kappa shape index (κ1) is 25.2. The van der Waals surface area contributed by atoms with Crippen molar-refractivity contribution in [3.63, 3.8) is 0 Å². The molecule has 2 unspecified atom stereocenters. The Balaban J connectivity index is 1.52. The lowest BCUT2D eigenvalue weighted by molar-refractivity contribution is -0.848. The van der Waals surface area contributed by atoms with Gasteiger partial charge in [0.25, 0.3) is 12.3 Å². The number of likely N-dealkylation sites (N-methyl/N-ethyl adjacent to an activating group) is 1. The molecule has 37 heavy (non-hydrogen) atoms. The molecule has 0 radical (unpaired) electrons. The van der Waals surface area contributed by atoms with Crippen LogP contribution in [-0.2, 0) is 0 Å². The van der Waals surface area contributed by atoms with Gasteiger partial charge in [-0.15, -0.1) is 10.2 Å². The number of carbonyl (C=O) groups excluding carboxylic acids is 1. The minimum Gasteiger partial charge on any atom is -0.633 e. The Bertz CT molecular complexity index is 1390. The van der Waals surface area contributed by atoms with Crippen LogP contribution in [0.25, 0.3) is 11.1 Å². The largest absolute Gasteiger partial charge is 0.633 e. The van der Waals surface area contributed by atoms with Gasteiger partial charge in [-0.25, -0.2) is 8.78 Å². The summed E-state index contributed by atoms with van der Waals surface area (Å²) in [4.78, 5) is 17.2. The third-order valence-electron chi connectivity index (χ3n) is 6.55. The zero-order valence-corrected chi connectivity index (χ0v) is 21.1. The normalized spacial score (nSPS) is 21.0. The van der Waals surface area contributed by atoms with E-state index >= 15 is 0 Å². The number of ether oxygens (including phenoxy) is 1. The third kappa shape index (κ3) is 5.77. The Morgan fingerprint density at radius 1 is 1.24 bits per heavy atom. The Kier molecular flexibility index (Phi) is 6.90. The summed E-state index contributed by atoms with van der Waals surface area (Å²) in [5, 5.41) is 24.0. The number of pyridine rings is 1. The van der Waals surface area contributed by atoms with Crippen LogP contribution >= 0.6 is 11.3 Å². The maximum absolute atomic E-state index is 13.5. The van der Waals surface area contributed by atoms with Gasteiger partial charge in [-0.05, 0) is 48.1 Å². The van der Waals surface area contributed by atoms with Gasteiger partial charge >= 0.3 is 0 Å². The van der Waals surface area contributed by atoms with Crippen molar-refractivity contribution in [1.82, 2.24) is 15.2 Å². The van der Waals surface area contributed by atoms with E-state index in [0.29, 0.717) is 41.6 Å². The van der Waals surface area contributed by atoms with Crippen molar-refractivity contribution in [1.29, 1.82) is 0 Å². The number of amides is 1. The molecule has 1 aliphatic heterocycles. The van der Waals surface area contributed by atoms with E-state index in [-0.39, 0.29) is 27.0 Å². The minimum absolute atomic E-state index is 0.0171. The summed E-state index contributed by atoms with van der Waals surface area (Å²) in [6.07, 6.45) is 1.30. The van der Waals surface area contributed by atoms with E-state index in [4.69, 9.17) is 4.74 Å². The first-order chi connectivity index (χ1) is 17.7. The molecule has 8 nitrogen and oxygen atoms in total. The molecule has 1 aromatic carbocycles. The molecule has 1 saturated carbocycles. The minimum atomic E-state index is -2.80. The lowest BCUT2D eigenvalue weighted by atomic mass is 9.90. The molecular formula is C26H25F2N5O3S. The van der Waals surface area contributed by atoms with Crippen LogP contribution in [0, 0.1) is 23.0 Å². The van der Waals surface area contributed by atoms with E-state index in [9.17, 15) is 18.8 Å². The number of nitrogens with one attached hydrogen (secondary N) is 1. The van der Waals surface area contributed by atoms with Gasteiger partial charge in [0, 0.05) is 29.4 Å². The molecule has 3 aromatic rings. The first-order valence-electron chi connectivity index (χ1n) is 11.9. The number of rotatable bonds is 6. The van der Waals surface area contributed by atoms with Crippen molar-refractivity contribution in [2.75, 3.05) is 32.6 Å². The van der Waals surface area contributed by atoms with E-state index in [2.05, 4.69) is 32.3 Å². The summed E-state index contributed by atoms with van der Waals surface area (Å²) in [6.45, 7) is 0.884. The van der Waals surface area contributed by atoms with E-state index in [1.807, 2.05) is 6.07 Å². The van der Waals surface area contributed by atoms with Crippen molar-refractivity contribution in [3.8, 4) is 28.7 Å². The number of carbonyl (C=O) groups is 1. The average molecular weight is 526 g/mol. The zero-order chi connectivity index (χ0) is 26.2. The molecule has 2 aromatic heterocycles. The van der Waals surface area contributed by atoms with Gasteiger partial charge in [-0.1, -0.05) is 23.3 Å². The number of aromatic nitrogens is 3. The highest BCUT2D eigenvalue weighted by Gasteiger charge is 2.30. The smallest absolute Gasteiger partial charge is 0.280 e. The molecule has 2 aliphatic rings. The van der Waals surface area contributed by atoms with Crippen molar-refractivity contribution in [3.05, 3.63) is 57.5 Å². The van der Waals surface area contributed by atoms with Gasteiger partial charge in [0.1, 0.15) is 11.4 Å². The molecule has 1 N–H and O–H groups in total. The number of nitrogens with zero attached hydrogens (tertiary/aromatic N) is 4. The summed E-state index contributed by atoms with van der Waals surface area (Å²) < 4.78 is 32.1. The van der Waals surface area contributed by atoms with Crippen LogP contribution in [0.1, 0.15) is 58.2 Å². The SMILES string of the molecule is COc1cnc(C(F)F)cc1-c1cc(C2CC[N+](C)([O-])C2)ccc1C(=O)Nc1nnc(C#CC2CC2)s1. The number of methoxy groups -OCH3 is 1. The van der Waals surface area contributed by atoms with E-state index in [1.165, 1.54) is 30.7 Å². The topological polar surface area (TPSA) is 100 Å². The molecule has 0 bridgehead atoms. The van der Waals surface area contributed by atoms with Gasteiger partial charge in [0.2, 0.25) is 5.13 Å². The average Bonchev–Trinajstić information content (AvgIpc) is 3.49. The summed E-state index contributed by atoms with van der Waals surface area (Å²) >= 11 is 1.17. The molecule has 11 heteroatoms. The second-order valence-electron chi connectivity index (χ2n) is 9.51. The lowest BCUT2D eigenvalue weighted by Gasteiger charge is -2.33. The Labute approximate surface area is 216 Å². The van der Waals surface area contributed by atoms with Crippen LogP contribution in [0.4, 0.5) is 13.9 Å². The second kappa shape index (κ2) is 10.1. The molecule has 0 spiro atoms. The van der Waals surface area contributed by atoms with Gasteiger partial charge in [0.05, 0.1) is 33.4 Å². The summed E-state index contributed by atoms with van der Waals surface area (Å²) in [5.74, 6) is 6.25. The van der Waals surface area contributed by atoms with Gasteiger partial charge in [0.15, 0.2) is 5.01 Å². The van der Waals surface area contributed by atoms with Crippen molar-refractivity contribution < 1.29 is 23.0 Å². The first-order valence-corrected chi connectivity index (χ1v) is 12.7. The molecule has 1 amide bonds. The molecule has 1 saturated heterocycles. The molecular weight excluding hydrogens is 500 g/mol. The Morgan fingerprint density at radius 3 is 2.73 bits per heavy atom. The Morgan fingerprint density at radius 2 is 2.05 bits per heavy atom. The van der Waals surface area contributed by atoms with Crippen LogP contribution in [0.5, 0.6) is 5.75 Å². The van der Waals surface area contributed by atoms with Crippen LogP contribution in [0.15, 0.2) is 30.5 Å². The Hall–Kier alpha value is -3.46. The lowest BCUT2D eigenvalue weighted by Crippen LogP contribution is -2.34. The molecule has 3 heterocycles. The van der Waals surface area contributed by atoms with E-state index in [0.717, 1.165) is 18.4 Å². The maximum Gasteiger partial charge on any atom is 0.280 e. The fourth-order valence-corrected chi connectivity index (χ4v) is 5.02. The van der Waals surface area contributed by atoms with Gasteiger partial charge < -0.3 is 14.6 Å². The standard InChI is InChI=1S/C26H25F2N5O3S/c1-33(35)10-9-17(14-33)16-6-7-18(19(11-16)20-12-21(24(27)28)29-13-22(20)36-2)25(34)30-26-32-31-23(37-26)8-5-15-3-4-15/h6-7,11-13,15,17,24H,3-4,9-10,14H2,1-2H3,(H,30,32,34). The zero-order valence-electron chi connectivity index (χ0n) is 20.3. The number of anilines is 1. The fourth-order valence-electron chi connectivity index (χ4n) is 4.42. The highest BCUT2D eigenvalue weighted by Crippen LogP contribution is 2.38. The predicted molar refractivity (Wildman–Crippen MR) is 135 cm³/mol. The third-order valence-corrected chi connectivity index (χ3v) is 7.30. The number of quaternary nitrogens is 1. The number of hydroxylamine groups is 3. The molecule has 2 atom stereocenters. The van der Waals surface area contributed by atoms with Crippen LogP contribution < -0.4 is 10.1 Å². The molecule has 192 valence electrons. The van der Waals surface area contributed by atoms with Crippen LogP contribution in [0.2, 0.25) is 0 Å². The van der Waals surface area contributed by atoms with E-state index in [1.54, 1.807) is 19.2 Å². The number of benzene rings is 1. The number of alkyl halides is 2. The number of hydrogen-bond acceptors (Lipinski definition) is 7. The summed E-state index contributed by atoms with van der Waals surface area (Å²) in [5.41, 5.74) is 1.38. The predicted octanol–water partition coefficient (Wildman–Crippen LogP) is 4.99. The molecule has 1 aliphatic carbocycles. The second-order valence-corrected chi connectivity index (χ2v) is 10.5. The molecule has 2 fully saturated rings. The summed E-state index contributed by atoms with van der Waals surface area (Å²) in [6, 6.07) is 6.47. The number of likely N-dealkylation sites (tertiary alicyclic amines) is 1. The number of hydrogen-bond donors (Lipinski definition) is 1.